The van der Waals surface area contributed by atoms with Crippen LogP contribution in [-0.4, -0.2) is 55.2 Å². The number of hydrogen-bond acceptors (Lipinski definition) is 4. The van der Waals surface area contributed by atoms with Crippen LogP contribution in [0.25, 0.3) is 0 Å². The second-order valence-corrected chi connectivity index (χ2v) is 5.52. The molecular formula is C15H18ClN3O3. The van der Waals surface area contributed by atoms with Crippen molar-refractivity contribution < 1.29 is 14.4 Å². The van der Waals surface area contributed by atoms with Crippen LogP contribution in [0.2, 0.25) is 5.02 Å². The number of benzene rings is 1. The Balaban J connectivity index is 1.83. The Kier molecular flexibility index (Phi) is 5.38. The highest BCUT2D eigenvalue weighted by atomic mass is 35.5. The van der Waals surface area contributed by atoms with Crippen LogP contribution in [0.1, 0.15) is 6.92 Å². The molecule has 0 bridgehead atoms. The van der Waals surface area contributed by atoms with Gasteiger partial charge < -0.3 is 15.1 Å². The third kappa shape index (κ3) is 4.21. The van der Waals surface area contributed by atoms with Crippen LogP contribution in [0.4, 0.5) is 5.69 Å². The molecule has 2 rings (SSSR count). The zero-order valence-electron chi connectivity index (χ0n) is 12.3. The number of Topliss-reactive ketones (excluding diaryl/α,β-unsaturated/α-hetero) is 1. The number of amides is 2. The Morgan fingerprint density at radius 3 is 2.45 bits per heavy atom. The van der Waals surface area contributed by atoms with Crippen LogP contribution >= 0.6 is 11.6 Å². The largest absolute Gasteiger partial charge is 0.368 e. The normalized spacial score (nSPS) is 14.6. The van der Waals surface area contributed by atoms with Gasteiger partial charge in [0.1, 0.15) is 0 Å². The third-order valence-electron chi connectivity index (χ3n) is 3.53. The minimum atomic E-state index is -0.731. The molecule has 1 saturated heterocycles. The Morgan fingerprint density at radius 1 is 1.18 bits per heavy atom. The van der Waals surface area contributed by atoms with Gasteiger partial charge in [0.25, 0.3) is 5.91 Å². The van der Waals surface area contributed by atoms with Crippen molar-refractivity contribution in [2.45, 2.75) is 6.92 Å². The first-order valence-electron chi connectivity index (χ1n) is 7.04. The molecule has 7 heteroatoms. The summed E-state index contributed by atoms with van der Waals surface area (Å²) in [7, 11) is 0. The van der Waals surface area contributed by atoms with E-state index in [0.29, 0.717) is 31.2 Å². The summed E-state index contributed by atoms with van der Waals surface area (Å²) in [4.78, 5) is 37.8. The van der Waals surface area contributed by atoms with Gasteiger partial charge in [-0.15, -0.1) is 0 Å². The number of carbonyl (C=O) groups is 3. The van der Waals surface area contributed by atoms with E-state index in [0.717, 1.165) is 5.69 Å². The first-order valence-corrected chi connectivity index (χ1v) is 7.42. The van der Waals surface area contributed by atoms with E-state index >= 15 is 0 Å². The standard InChI is InChI=1S/C15H18ClN3O3/c1-11(20)15(22)17-10-14(21)19-7-5-18(6-8-19)13-4-2-3-12(16)9-13/h2-4,9H,5-8,10H2,1H3,(H,17,22). The van der Waals surface area contributed by atoms with Gasteiger partial charge in [-0.1, -0.05) is 17.7 Å². The highest BCUT2D eigenvalue weighted by molar-refractivity contribution is 6.35. The van der Waals surface area contributed by atoms with Gasteiger partial charge in [0.15, 0.2) is 0 Å². The number of rotatable bonds is 4. The molecule has 1 aromatic rings. The van der Waals surface area contributed by atoms with Crippen molar-refractivity contribution in [2.24, 2.45) is 0 Å². The molecule has 2 amide bonds. The number of nitrogens with zero attached hydrogens (tertiary/aromatic N) is 2. The molecule has 0 radical (unpaired) electrons. The van der Waals surface area contributed by atoms with Gasteiger partial charge in [0, 0.05) is 43.8 Å². The molecule has 0 aromatic heterocycles. The zero-order valence-corrected chi connectivity index (χ0v) is 13.1. The number of ketones is 1. The predicted molar refractivity (Wildman–Crippen MR) is 83.9 cm³/mol. The summed E-state index contributed by atoms with van der Waals surface area (Å²) < 4.78 is 0. The van der Waals surface area contributed by atoms with Gasteiger partial charge in [-0.2, -0.15) is 0 Å². The lowest BCUT2D eigenvalue weighted by Crippen LogP contribution is -2.51. The van der Waals surface area contributed by atoms with E-state index in [1.165, 1.54) is 6.92 Å². The lowest BCUT2D eigenvalue weighted by atomic mass is 10.2. The summed E-state index contributed by atoms with van der Waals surface area (Å²) in [5.41, 5.74) is 1.03. The van der Waals surface area contributed by atoms with Crippen LogP contribution in [0.15, 0.2) is 24.3 Å². The highest BCUT2D eigenvalue weighted by Crippen LogP contribution is 2.20. The lowest BCUT2D eigenvalue weighted by Gasteiger charge is -2.36. The molecule has 1 heterocycles. The van der Waals surface area contributed by atoms with Crippen molar-refractivity contribution >= 4 is 34.9 Å². The number of carbonyl (C=O) groups excluding carboxylic acids is 3. The van der Waals surface area contributed by atoms with Gasteiger partial charge >= 0.3 is 0 Å². The van der Waals surface area contributed by atoms with E-state index in [9.17, 15) is 14.4 Å². The molecule has 6 nitrogen and oxygen atoms in total. The van der Waals surface area contributed by atoms with Crippen molar-refractivity contribution in [1.29, 1.82) is 0 Å². The van der Waals surface area contributed by atoms with Crippen LogP contribution in [-0.2, 0) is 14.4 Å². The molecule has 0 saturated carbocycles. The van der Waals surface area contributed by atoms with Crippen molar-refractivity contribution in [3.8, 4) is 0 Å². The Morgan fingerprint density at radius 2 is 1.86 bits per heavy atom. The van der Waals surface area contributed by atoms with Gasteiger partial charge in [-0.3, -0.25) is 14.4 Å². The SMILES string of the molecule is CC(=O)C(=O)NCC(=O)N1CCN(c2cccc(Cl)c2)CC1. The third-order valence-corrected chi connectivity index (χ3v) is 3.76. The summed E-state index contributed by atoms with van der Waals surface area (Å²) >= 11 is 5.98. The molecule has 118 valence electrons. The van der Waals surface area contributed by atoms with E-state index in [2.05, 4.69) is 10.2 Å². The quantitative estimate of drug-likeness (QED) is 0.828. The molecule has 1 aliphatic rings. The van der Waals surface area contributed by atoms with Crippen molar-refractivity contribution in [2.75, 3.05) is 37.6 Å². The average molecular weight is 324 g/mol. The fraction of sp³-hybridized carbons (Fsp3) is 0.400. The summed E-state index contributed by atoms with van der Waals surface area (Å²) in [6.45, 7) is 3.57. The number of anilines is 1. The zero-order chi connectivity index (χ0) is 16.1. The molecule has 0 spiro atoms. The Labute approximate surface area is 134 Å². The van der Waals surface area contributed by atoms with Crippen LogP contribution in [0.5, 0.6) is 0 Å². The van der Waals surface area contributed by atoms with Crippen LogP contribution in [0, 0.1) is 0 Å². The van der Waals surface area contributed by atoms with E-state index in [1.54, 1.807) is 4.90 Å². The maximum absolute atomic E-state index is 12.0. The number of nitrogens with one attached hydrogen (secondary N) is 1. The molecule has 1 fully saturated rings. The maximum atomic E-state index is 12.0. The van der Waals surface area contributed by atoms with Gasteiger partial charge in [0.2, 0.25) is 11.7 Å². The predicted octanol–water partition coefficient (Wildman–Crippen LogP) is 0.694. The molecule has 1 aromatic carbocycles. The molecule has 1 N–H and O–H groups in total. The molecular weight excluding hydrogens is 306 g/mol. The van der Waals surface area contributed by atoms with E-state index in [1.807, 2.05) is 24.3 Å². The van der Waals surface area contributed by atoms with Gasteiger partial charge in [-0.25, -0.2) is 0 Å². The number of hydrogen-bond donors (Lipinski definition) is 1. The first kappa shape index (κ1) is 16.3. The van der Waals surface area contributed by atoms with Crippen LogP contribution < -0.4 is 10.2 Å². The Hall–Kier alpha value is -2.08. The molecule has 22 heavy (non-hydrogen) atoms. The summed E-state index contributed by atoms with van der Waals surface area (Å²) in [6, 6.07) is 7.59. The van der Waals surface area contributed by atoms with Gasteiger partial charge in [0.05, 0.1) is 6.54 Å². The fourth-order valence-corrected chi connectivity index (χ4v) is 2.46. The maximum Gasteiger partial charge on any atom is 0.287 e. The van der Waals surface area contributed by atoms with Crippen molar-refractivity contribution in [1.82, 2.24) is 10.2 Å². The smallest absolute Gasteiger partial charge is 0.287 e. The lowest BCUT2D eigenvalue weighted by molar-refractivity contribution is -0.138. The summed E-state index contributed by atoms with van der Waals surface area (Å²) in [5, 5.41) is 3.00. The number of piperazine rings is 1. The average Bonchev–Trinajstić information content (AvgIpc) is 2.52. The minimum Gasteiger partial charge on any atom is -0.368 e. The van der Waals surface area contributed by atoms with E-state index in [-0.39, 0.29) is 12.5 Å². The van der Waals surface area contributed by atoms with Crippen molar-refractivity contribution in [3.05, 3.63) is 29.3 Å². The topological polar surface area (TPSA) is 69.7 Å². The Bertz CT molecular complexity index is 583. The summed E-state index contributed by atoms with van der Waals surface area (Å²) in [5.74, 6) is -1.51. The first-order chi connectivity index (χ1) is 10.5. The van der Waals surface area contributed by atoms with Crippen LogP contribution in [0.3, 0.4) is 0 Å². The van der Waals surface area contributed by atoms with E-state index < -0.39 is 11.7 Å². The molecule has 1 aliphatic heterocycles. The monoisotopic (exact) mass is 323 g/mol. The van der Waals surface area contributed by atoms with Crippen molar-refractivity contribution in [3.63, 3.8) is 0 Å². The molecule has 0 unspecified atom stereocenters. The molecule has 0 aliphatic carbocycles. The molecule has 0 atom stereocenters. The van der Waals surface area contributed by atoms with E-state index in [4.69, 9.17) is 11.6 Å². The highest BCUT2D eigenvalue weighted by Gasteiger charge is 2.22. The number of halogens is 1. The van der Waals surface area contributed by atoms with Gasteiger partial charge in [-0.05, 0) is 18.2 Å². The fourth-order valence-electron chi connectivity index (χ4n) is 2.28. The summed E-state index contributed by atoms with van der Waals surface area (Å²) in [6.07, 6.45) is 0. The second-order valence-electron chi connectivity index (χ2n) is 5.09. The second kappa shape index (κ2) is 7.26. The minimum absolute atomic E-state index is 0.143.